The van der Waals surface area contributed by atoms with Crippen LogP contribution in [-0.4, -0.2) is 17.8 Å². The normalized spacial score (nSPS) is 11.9. The van der Waals surface area contributed by atoms with Crippen molar-refractivity contribution in [1.82, 2.24) is 4.57 Å². The summed E-state index contributed by atoms with van der Waals surface area (Å²) in [5, 5.41) is 0.737. The molecule has 0 aliphatic carbocycles. The van der Waals surface area contributed by atoms with E-state index in [2.05, 4.69) is 20.4 Å². The fraction of sp³-hybridized carbons (Fsp3) is 0.500. The first-order valence-corrected chi connectivity index (χ1v) is 11.3. The fourth-order valence-electron chi connectivity index (χ4n) is 3.78. The number of fused-ring (bicyclic) bond motifs is 1. The Balaban J connectivity index is 2.61. The molecular weight excluding hydrogens is 388 g/mol. The van der Waals surface area contributed by atoms with Crippen LogP contribution in [0.4, 0.5) is 5.69 Å². The third-order valence-corrected chi connectivity index (χ3v) is 5.64. The maximum Gasteiger partial charge on any atom is 0.297 e. The summed E-state index contributed by atoms with van der Waals surface area (Å²) >= 11 is 0. The van der Waals surface area contributed by atoms with Crippen LogP contribution >= 0.6 is 0 Å². The van der Waals surface area contributed by atoms with Crippen molar-refractivity contribution >= 4 is 16.6 Å². The van der Waals surface area contributed by atoms with Crippen molar-refractivity contribution in [2.24, 2.45) is 7.05 Å². The number of benzene rings is 1. The standard InChI is InChI=1S/C26H38N2O3/c1-7-9-10-11-12-19(5)20-13-14-21-22(23(20)27)24(31-17-15-18(3)4)25(30-16-8-2)26(29)28(21)6/h8,13-15,19H,2,7,9-12,16-17,27H2,1,3-6H3. The van der Waals surface area contributed by atoms with Gasteiger partial charge in [-0.25, -0.2) is 0 Å². The van der Waals surface area contributed by atoms with E-state index in [4.69, 9.17) is 15.2 Å². The molecule has 2 N–H and O–H groups in total. The van der Waals surface area contributed by atoms with Crippen LogP contribution in [0.2, 0.25) is 0 Å². The Labute approximate surface area is 186 Å². The first kappa shape index (κ1) is 24.6. The molecule has 0 bridgehead atoms. The zero-order chi connectivity index (χ0) is 23.0. The van der Waals surface area contributed by atoms with Gasteiger partial charge in [-0.3, -0.25) is 4.79 Å². The Morgan fingerprint density at radius 1 is 1.16 bits per heavy atom. The second-order valence-corrected chi connectivity index (χ2v) is 8.43. The molecule has 0 spiro atoms. The lowest BCUT2D eigenvalue weighted by Gasteiger charge is -2.21. The van der Waals surface area contributed by atoms with E-state index in [9.17, 15) is 4.79 Å². The maximum absolute atomic E-state index is 13.0. The average Bonchev–Trinajstić information content (AvgIpc) is 2.73. The van der Waals surface area contributed by atoms with E-state index in [1.165, 1.54) is 25.7 Å². The van der Waals surface area contributed by atoms with Gasteiger partial charge < -0.3 is 19.8 Å². The van der Waals surface area contributed by atoms with Gasteiger partial charge in [0.2, 0.25) is 5.75 Å². The summed E-state index contributed by atoms with van der Waals surface area (Å²) < 4.78 is 13.4. The van der Waals surface area contributed by atoms with Crippen molar-refractivity contribution in [3.05, 3.63) is 52.4 Å². The molecular formula is C26H38N2O3. The lowest BCUT2D eigenvalue weighted by Crippen LogP contribution is -2.22. The minimum atomic E-state index is -0.249. The van der Waals surface area contributed by atoms with Crippen LogP contribution in [0.3, 0.4) is 0 Å². The summed E-state index contributed by atoms with van der Waals surface area (Å²) in [4.78, 5) is 13.0. The Hall–Kier alpha value is -2.69. The molecule has 0 aliphatic rings. The van der Waals surface area contributed by atoms with E-state index >= 15 is 0 Å². The number of ether oxygens (including phenoxy) is 2. The molecule has 0 saturated carbocycles. The predicted molar refractivity (Wildman–Crippen MR) is 131 cm³/mol. The summed E-state index contributed by atoms with van der Waals surface area (Å²) in [6.07, 6.45) is 9.56. The first-order chi connectivity index (χ1) is 14.8. The first-order valence-electron chi connectivity index (χ1n) is 11.3. The molecule has 1 aromatic heterocycles. The van der Waals surface area contributed by atoms with Crippen molar-refractivity contribution < 1.29 is 9.47 Å². The molecule has 1 heterocycles. The number of hydrogen-bond acceptors (Lipinski definition) is 4. The van der Waals surface area contributed by atoms with Gasteiger partial charge in [0.05, 0.1) is 10.9 Å². The van der Waals surface area contributed by atoms with Gasteiger partial charge in [-0.05, 0) is 43.9 Å². The fourth-order valence-corrected chi connectivity index (χ4v) is 3.78. The monoisotopic (exact) mass is 426 g/mol. The number of nitrogens with two attached hydrogens (primary N) is 1. The average molecular weight is 427 g/mol. The molecule has 0 radical (unpaired) electrons. The zero-order valence-corrected chi connectivity index (χ0v) is 19.8. The van der Waals surface area contributed by atoms with E-state index in [-0.39, 0.29) is 17.9 Å². The van der Waals surface area contributed by atoms with Crippen LogP contribution in [0.1, 0.15) is 71.3 Å². The molecule has 5 heteroatoms. The highest BCUT2D eigenvalue weighted by atomic mass is 16.5. The molecule has 2 aromatic rings. The van der Waals surface area contributed by atoms with Crippen molar-refractivity contribution in [2.45, 2.75) is 65.7 Å². The molecule has 0 saturated heterocycles. The number of pyridine rings is 1. The van der Waals surface area contributed by atoms with Gasteiger partial charge >= 0.3 is 0 Å². The van der Waals surface area contributed by atoms with Crippen molar-refractivity contribution in [3.8, 4) is 11.5 Å². The molecule has 31 heavy (non-hydrogen) atoms. The summed E-state index contributed by atoms with van der Waals surface area (Å²) in [6, 6.07) is 4.02. The van der Waals surface area contributed by atoms with Crippen LogP contribution in [0.25, 0.3) is 10.9 Å². The van der Waals surface area contributed by atoms with Crippen molar-refractivity contribution in [2.75, 3.05) is 18.9 Å². The van der Waals surface area contributed by atoms with Gasteiger partial charge in [-0.2, -0.15) is 0 Å². The number of nitrogens with zero attached hydrogens (tertiary/aromatic N) is 1. The number of allylic oxidation sites excluding steroid dienone is 1. The van der Waals surface area contributed by atoms with Gasteiger partial charge in [0.25, 0.3) is 5.56 Å². The Bertz CT molecular complexity index is 985. The SMILES string of the molecule is C=CCOc1c(OCC=C(C)C)c2c(N)c(C(C)CCCCCC)ccc2n(C)c1=O. The van der Waals surface area contributed by atoms with E-state index in [1.807, 2.05) is 32.1 Å². The number of nitrogen functional groups attached to an aromatic ring is 1. The number of anilines is 1. The minimum absolute atomic E-state index is 0.177. The number of unbranched alkanes of at least 4 members (excludes halogenated alkanes) is 3. The quantitative estimate of drug-likeness (QED) is 0.253. The molecule has 1 unspecified atom stereocenters. The second kappa shape index (κ2) is 11.6. The summed E-state index contributed by atoms with van der Waals surface area (Å²) in [7, 11) is 1.73. The zero-order valence-electron chi connectivity index (χ0n) is 19.8. The van der Waals surface area contributed by atoms with E-state index < -0.39 is 0 Å². The highest BCUT2D eigenvalue weighted by molar-refractivity contribution is 5.99. The Morgan fingerprint density at radius 3 is 2.52 bits per heavy atom. The van der Waals surface area contributed by atoms with Crippen LogP contribution in [0.15, 0.2) is 41.2 Å². The van der Waals surface area contributed by atoms with Gasteiger partial charge in [0.15, 0.2) is 5.75 Å². The molecule has 1 aromatic carbocycles. The minimum Gasteiger partial charge on any atom is -0.485 e. The van der Waals surface area contributed by atoms with Crippen molar-refractivity contribution in [3.63, 3.8) is 0 Å². The van der Waals surface area contributed by atoms with Gasteiger partial charge in [0.1, 0.15) is 13.2 Å². The topological polar surface area (TPSA) is 66.5 Å². The van der Waals surface area contributed by atoms with Crippen molar-refractivity contribution in [1.29, 1.82) is 0 Å². The van der Waals surface area contributed by atoms with Gasteiger partial charge in [0, 0.05) is 12.7 Å². The second-order valence-electron chi connectivity index (χ2n) is 8.43. The molecule has 0 amide bonds. The number of aryl methyl sites for hydroxylation is 1. The summed E-state index contributed by atoms with van der Waals surface area (Å²) in [5.74, 6) is 0.910. The van der Waals surface area contributed by atoms with Crippen LogP contribution in [0.5, 0.6) is 11.5 Å². The third-order valence-electron chi connectivity index (χ3n) is 5.64. The lowest BCUT2D eigenvalue weighted by atomic mass is 9.91. The highest BCUT2D eigenvalue weighted by Crippen LogP contribution is 2.40. The Kier molecular flexibility index (Phi) is 9.22. The van der Waals surface area contributed by atoms with Gasteiger partial charge in [-0.1, -0.05) is 63.8 Å². The molecule has 5 nitrogen and oxygen atoms in total. The summed E-state index contributed by atoms with van der Waals surface area (Å²) in [5.41, 5.74) is 10.1. The van der Waals surface area contributed by atoms with Gasteiger partial charge in [-0.15, -0.1) is 0 Å². The van der Waals surface area contributed by atoms with E-state index in [1.54, 1.807) is 17.7 Å². The molecule has 1 atom stereocenters. The number of hydrogen-bond donors (Lipinski definition) is 1. The van der Waals surface area contributed by atoms with E-state index in [0.717, 1.165) is 28.5 Å². The van der Waals surface area contributed by atoms with E-state index in [0.29, 0.717) is 24.0 Å². The molecule has 170 valence electrons. The Morgan fingerprint density at radius 2 is 1.87 bits per heavy atom. The summed E-state index contributed by atoms with van der Waals surface area (Å²) in [6.45, 7) is 12.7. The number of rotatable bonds is 12. The smallest absolute Gasteiger partial charge is 0.297 e. The maximum atomic E-state index is 13.0. The third kappa shape index (κ3) is 5.93. The molecule has 0 aliphatic heterocycles. The number of aromatic nitrogens is 1. The van der Waals surface area contributed by atoms with Crippen LogP contribution in [0, 0.1) is 0 Å². The largest absolute Gasteiger partial charge is 0.485 e. The molecule has 2 rings (SSSR count). The van der Waals surface area contributed by atoms with Crippen LogP contribution in [-0.2, 0) is 7.05 Å². The molecule has 0 fully saturated rings. The lowest BCUT2D eigenvalue weighted by molar-refractivity contribution is 0.305. The highest BCUT2D eigenvalue weighted by Gasteiger charge is 2.22. The van der Waals surface area contributed by atoms with Crippen LogP contribution < -0.4 is 20.8 Å². The predicted octanol–water partition coefficient (Wildman–Crippen LogP) is 6.10.